The predicted molar refractivity (Wildman–Crippen MR) is 58.2 cm³/mol. The molecule has 4 nitrogen and oxygen atoms in total. The quantitative estimate of drug-likeness (QED) is 0.686. The van der Waals surface area contributed by atoms with E-state index in [1.165, 1.54) is 7.11 Å². The van der Waals surface area contributed by atoms with Gasteiger partial charge in [0, 0.05) is 6.54 Å². The highest BCUT2D eigenvalue weighted by atomic mass is 35.5. The monoisotopic (exact) mass is 235 g/mol. The zero-order valence-corrected chi connectivity index (χ0v) is 9.77. The second kappa shape index (κ2) is 5.14. The van der Waals surface area contributed by atoms with Gasteiger partial charge in [-0.2, -0.15) is 0 Å². The lowest BCUT2D eigenvalue weighted by atomic mass is 9.91. The summed E-state index contributed by atoms with van der Waals surface area (Å²) in [6, 6.07) is 0. The minimum Gasteiger partial charge on any atom is -0.467 e. The smallest absolute Gasteiger partial charge is 0.335 e. The van der Waals surface area contributed by atoms with Crippen LogP contribution in [-0.2, 0) is 14.3 Å². The van der Waals surface area contributed by atoms with Crippen molar-refractivity contribution in [2.75, 3.05) is 20.2 Å². The van der Waals surface area contributed by atoms with Crippen molar-refractivity contribution in [1.82, 2.24) is 5.32 Å². The van der Waals surface area contributed by atoms with Crippen LogP contribution in [0.15, 0.2) is 0 Å². The fourth-order valence-corrected chi connectivity index (χ4v) is 2.36. The van der Waals surface area contributed by atoms with Crippen LogP contribution in [-0.4, -0.2) is 37.9 Å². The summed E-state index contributed by atoms with van der Waals surface area (Å²) in [5.74, 6) is -0.226. The Morgan fingerprint density at radius 2 is 2.33 bits per heavy atom. The van der Waals surface area contributed by atoms with Crippen LogP contribution in [0.4, 0.5) is 0 Å². The summed E-state index contributed by atoms with van der Waals surface area (Å²) in [5, 5.41) is 3.28. The minimum absolute atomic E-state index is 0. The topological polar surface area (TPSA) is 47.6 Å². The number of nitrogens with one attached hydrogen (secondary N) is 1. The van der Waals surface area contributed by atoms with Gasteiger partial charge in [-0.1, -0.05) is 0 Å². The molecule has 0 aromatic rings. The lowest BCUT2D eigenvalue weighted by Gasteiger charge is -2.36. The van der Waals surface area contributed by atoms with Crippen LogP contribution in [0, 0.1) is 0 Å². The molecule has 0 amide bonds. The average Bonchev–Trinajstić information content (AvgIpc) is 2.65. The van der Waals surface area contributed by atoms with Crippen LogP contribution in [0.25, 0.3) is 0 Å². The Bertz CT molecular complexity index is 229. The van der Waals surface area contributed by atoms with Crippen LogP contribution in [0.1, 0.15) is 25.7 Å². The lowest BCUT2D eigenvalue weighted by Crippen LogP contribution is -2.45. The van der Waals surface area contributed by atoms with Crippen molar-refractivity contribution in [2.45, 2.75) is 37.4 Å². The largest absolute Gasteiger partial charge is 0.467 e. The third kappa shape index (κ3) is 2.62. The molecule has 0 aromatic carbocycles. The van der Waals surface area contributed by atoms with Gasteiger partial charge >= 0.3 is 5.97 Å². The third-order valence-corrected chi connectivity index (χ3v) is 3.16. The molecule has 2 rings (SSSR count). The number of esters is 1. The van der Waals surface area contributed by atoms with E-state index in [4.69, 9.17) is 9.47 Å². The van der Waals surface area contributed by atoms with Gasteiger partial charge in [0.1, 0.15) is 0 Å². The summed E-state index contributed by atoms with van der Waals surface area (Å²) in [6.45, 7) is 1.87. The van der Waals surface area contributed by atoms with Gasteiger partial charge in [0.25, 0.3) is 0 Å². The molecule has 0 aliphatic carbocycles. The summed E-state index contributed by atoms with van der Waals surface area (Å²) < 4.78 is 10.6. The molecule has 2 saturated heterocycles. The summed E-state index contributed by atoms with van der Waals surface area (Å²) in [5.41, 5.74) is -0.0862. The van der Waals surface area contributed by atoms with Crippen LogP contribution in [0.2, 0.25) is 0 Å². The number of methoxy groups -OCH3 is 1. The van der Waals surface area contributed by atoms with E-state index in [0.29, 0.717) is 0 Å². The summed E-state index contributed by atoms with van der Waals surface area (Å²) in [7, 11) is 1.42. The van der Waals surface area contributed by atoms with Crippen LogP contribution >= 0.6 is 12.4 Å². The van der Waals surface area contributed by atoms with Crippen LogP contribution in [0.5, 0.6) is 0 Å². The normalized spacial score (nSPS) is 34.9. The number of carbonyl (C=O) groups excluding carboxylic acids is 1. The lowest BCUT2D eigenvalue weighted by molar-refractivity contribution is -0.175. The van der Waals surface area contributed by atoms with Crippen LogP contribution in [0.3, 0.4) is 0 Å². The first-order valence-electron chi connectivity index (χ1n) is 5.22. The number of ether oxygens (including phenoxy) is 2. The predicted octanol–water partition coefficient (Wildman–Crippen LogP) is 0.882. The fraction of sp³-hybridized carbons (Fsp3) is 0.900. The van der Waals surface area contributed by atoms with Crippen molar-refractivity contribution in [3.8, 4) is 0 Å². The molecule has 2 fully saturated rings. The number of hydrogen-bond donors (Lipinski definition) is 1. The highest BCUT2D eigenvalue weighted by Crippen LogP contribution is 2.33. The van der Waals surface area contributed by atoms with Gasteiger partial charge in [0.15, 0.2) is 6.10 Å². The van der Waals surface area contributed by atoms with Gasteiger partial charge < -0.3 is 14.8 Å². The first kappa shape index (κ1) is 12.7. The summed E-state index contributed by atoms with van der Waals surface area (Å²) in [4.78, 5) is 11.3. The Labute approximate surface area is 96.1 Å². The van der Waals surface area contributed by atoms with Crippen molar-refractivity contribution < 1.29 is 14.3 Å². The SMILES string of the molecule is COC(=O)C1CCCC2(CCNC2)O1.Cl. The Hall–Kier alpha value is -0.320. The van der Waals surface area contributed by atoms with E-state index in [1.54, 1.807) is 0 Å². The molecule has 15 heavy (non-hydrogen) atoms. The van der Waals surface area contributed by atoms with Gasteiger partial charge in [-0.25, -0.2) is 4.79 Å². The Balaban J connectivity index is 0.00000112. The van der Waals surface area contributed by atoms with E-state index < -0.39 is 0 Å². The van der Waals surface area contributed by atoms with Crippen molar-refractivity contribution in [3.05, 3.63) is 0 Å². The van der Waals surface area contributed by atoms with Gasteiger partial charge in [0.2, 0.25) is 0 Å². The van der Waals surface area contributed by atoms with E-state index in [9.17, 15) is 4.79 Å². The molecular weight excluding hydrogens is 218 g/mol. The van der Waals surface area contributed by atoms with Crippen molar-refractivity contribution in [1.29, 1.82) is 0 Å². The average molecular weight is 236 g/mol. The standard InChI is InChI=1S/C10H17NO3.ClH/c1-13-9(12)8-3-2-4-10(14-8)5-6-11-7-10;/h8,11H,2-7H2,1H3;1H. The highest BCUT2D eigenvalue weighted by Gasteiger charge is 2.42. The van der Waals surface area contributed by atoms with Gasteiger partial charge in [-0.15, -0.1) is 12.4 Å². The van der Waals surface area contributed by atoms with Crippen LogP contribution < -0.4 is 5.32 Å². The minimum atomic E-state index is -0.339. The maximum absolute atomic E-state index is 11.3. The molecule has 5 heteroatoms. The van der Waals surface area contributed by atoms with Gasteiger partial charge in [0.05, 0.1) is 12.7 Å². The zero-order valence-electron chi connectivity index (χ0n) is 8.95. The molecular formula is C10H18ClNO3. The van der Waals surface area contributed by atoms with Gasteiger partial charge in [-0.05, 0) is 32.2 Å². The number of rotatable bonds is 1. The highest BCUT2D eigenvalue weighted by molar-refractivity contribution is 5.85. The van der Waals surface area contributed by atoms with Crippen molar-refractivity contribution in [3.63, 3.8) is 0 Å². The van der Waals surface area contributed by atoms with E-state index in [1.807, 2.05) is 0 Å². The molecule has 1 spiro atoms. The molecule has 88 valence electrons. The molecule has 2 unspecified atom stereocenters. The maximum Gasteiger partial charge on any atom is 0.335 e. The molecule has 0 radical (unpaired) electrons. The molecule has 0 saturated carbocycles. The molecule has 0 bridgehead atoms. The summed E-state index contributed by atoms with van der Waals surface area (Å²) in [6.07, 6.45) is 3.60. The number of hydrogen-bond acceptors (Lipinski definition) is 4. The van der Waals surface area contributed by atoms with Crippen molar-refractivity contribution >= 4 is 18.4 Å². The molecule has 0 aromatic heterocycles. The maximum atomic E-state index is 11.3. The third-order valence-electron chi connectivity index (χ3n) is 3.16. The van der Waals surface area contributed by atoms with Crippen molar-refractivity contribution in [2.24, 2.45) is 0 Å². The molecule has 2 aliphatic rings. The molecule has 2 atom stereocenters. The Kier molecular flexibility index (Phi) is 4.37. The first-order chi connectivity index (χ1) is 6.76. The first-order valence-corrected chi connectivity index (χ1v) is 5.22. The summed E-state index contributed by atoms with van der Waals surface area (Å²) >= 11 is 0. The van der Waals surface area contributed by atoms with E-state index in [-0.39, 0.29) is 30.1 Å². The Morgan fingerprint density at radius 1 is 1.53 bits per heavy atom. The second-order valence-electron chi connectivity index (χ2n) is 4.13. The fourth-order valence-electron chi connectivity index (χ4n) is 2.36. The number of carbonyl (C=O) groups is 1. The molecule has 2 heterocycles. The number of halogens is 1. The molecule has 1 N–H and O–H groups in total. The Morgan fingerprint density at radius 3 is 2.93 bits per heavy atom. The zero-order chi connectivity index (χ0) is 10.0. The molecule has 2 aliphatic heterocycles. The van der Waals surface area contributed by atoms with E-state index in [0.717, 1.165) is 38.8 Å². The van der Waals surface area contributed by atoms with Gasteiger partial charge in [-0.3, -0.25) is 0 Å². The van der Waals surface area contributed by atoms with E-state index in [2.05, 4.69) is 5.32 Å². The van der Waals surface area contributed by atoms with E-state index >= 15 is 0 Å². The second-order valence-corrected chi connectivity index (χ2v) is 4.13.